The van der Waals surface area contributed by atoms with Gasteiger partial charge >= 0.3 is 0 Å². The Kier molecular flexibility index (Phi) is 6.70. The van der Waals surface area contributed by atoms with Gasteiger partial charge in [0, 0.05) is 10.7 Å². The largest absolute Gasteiger partial charge is 0.496 e. The van der Waals surface area contributed by atoms with Gasteiger partial charge in [0.2, 0.25) is 0 Å². The average molecular weight is 443 g/mol. The second kappa shape index (κ2) is 7.30. The van der Waals surface area contributed by atoms with E-state index in [4.69, 9.17) is 4.74 Å². The Balaban J connectivity index is 2.98. The zero-order valence-corrected chi connectivity index (χ0v) is 15.7. The standard InChI is InChI=1S/C14H19Br3O/c1-10(2)14(8-15,9-16)7-11-4-5-13(18-3)12(17)6-11/h4-6,10H,7-9H2,1-3H3. The van der Waals surface area contributed by atoms with E-state index < -0.39 is 0 Å². The summed E-state index contributed by atoms with van der Waals surface area (Å²) in [5, 5.41) is 1.99. The van der Waals surface area contributed by atoms with E-state index in [-0.39, 0.29) is 5.41 Å². The Labute approximate surface area is 135 Å². The zero-order valence-electron chi connectivity index (χ0n) is 11.0. The van der Waals surface area contributed by atoms with Gasteiger partial charge in [-0.3, -0.25) is 0 Å². The molecule has 1 aromatic carbocycles. The predicted molar refractivity (Wildman–Crippen MR) is 89.3 cm³/mol. The summed E-state index contributed by atoms with van der Waals surface area (Å²) in [4.78, 5) is 0. The van der Waals surface area contributed by atoms with Crippen LogP contribution in [0.5, 0.6) is 5.75 Å². The molecule has 0 N–H and O–H groups in total. The summed E-state index contributed by atoms with van der Waals surface area (Å²) < 4.78 is 6.28. The van der Waals surface area contributed by atoms with Crippen LogP contribution in [0, 0.1) is 11.3 Å². The fourth-order valence-electron chi connectivity index (χ4n) is 1.87. The molecule has 0 fully saturated rings. The van der Waals surface area contributed by atoms with Crippen molar-refractivity contribution in [1.29, 1.82) is 0 Å². The van der Waals surface area contributed by atoms with Crippen molar-refractivity contribution in [3.63, 3.8) is 0 Å². The summed E-state index contributed by atoms with van der Waals surface area (Å²) in [7, 11) is 1.69. The van der Waals surface area contributed by atoms with Gasteiger partial charge in [0.25, 0.3) is 0 Å². The van der Waals surface area contributed by atoms with Gasteiger partial charge in [0.05, 0.1) is 11.6 Å². The number of alkyl halides is 2. The smallest absolute Gasteiger partial charge is 0.133 e. The molecule has 0 atom stereocenters. The highest BCUT2D eigenvalue weighted by Crippen LogP contribution is 2.37. The Hall–Kier alpha value is 0.460. The molecule has 0 spiro atoms. The van der Waals surface area contributed by atoms with Gasteiger partial charge in [-0.15, -0.1) is 0 Å². The van der Waals surface area contributed by atoms with Gasteiger partial charge in [-0.25, -0.2) is 0 Å². The van der Waals surface area contributed by atoms with E-state index >= 15 is 0 Å². The molecule has 0 bridgehead atoms. The first kappa shape index (κ1) is 16.5. The Morgan fingerprint density at radius 1 is 1.22 bits per heavy atom. The van der Waals surface area contributed by atoms with E-state index in [0.717, 1.165) is 27.3 Å². The molecule has 0 aliphatic rings. The Bertz CT molecular complexity index is 387. The van der Waals surface area contributed by atoms with E-state index in [1.54, 1.807) is 7.11 Å². The van der Waals surface area contributed by atoms with Crippen LogP contribution < -0.4 is 4.74 Å². The molecule has 0 heterocycles. The van der Waals surface area contributed by atoms with Crippen LogP contribution in [0.25, 0.3) is 0 Å². The third-order valence-corrected chi connectivity index (χ3v) is 6.38. The van der Waals surface area contributed by atoms with Crippen LogP contribution in [0.15, 0.2) is 22.7 Å². The molecule has 102 valence electrons. The highest BCUT2D eigenvalue weighted by atomic mass is 79.9. The lowest BCUT2D eigenvalue weighted by atomic mass is 9.76. The van der Waals surface area contributed by atoms with Crippen LogP contribution in [0.1, 0.15) is 19.4 Å². The summed E-state index contributed by atoms with van der Waals surface area (Å²) in [5.74, 6) is 1.49. The van der Waals surface area contributed by atoms with Crippen LogP contribution in [0.4, 0.5) is 0 Å². The fourth-order valence-corrected chi connectivity index (χ4v) is 5.08. The predicted octanol–water partition coefficient (Wildman–Crippen LogP) is 5.43. The number of methoxy groups -OCH3 is 1. The van der Waals surface area contributed by atoms with E-state index in [1.165, 1.54) is 5.56 Å². The third kappa shape index (κ3) is 3.73. The van der Waals surface area contributed by atoms with Crippen molar-refractivity contribution in [3.8, 4) is 5.75 Å². The van der Waals surface area contributed by atoms with Crippen LogP contribution in [0.3, 0.4) is 0 Å². The number of hydrogen-bond donors (Lipinski definition) is 0. The minimum Gasteiger partial charge on any atom is -0.496 e. The first-order chi connectivity index (χ1) is 8.49. The first-order valence-corrected chi connectivity index (χ1v) is 8.97. The number of benzene rings is 1. The van der Waals surface area contributed by atoms with Crippen molar-refractivity contribution in [2.45, 2.75) is 20.3 Å². The molecule has 1 rings (SSSR count). The van der Waals surface area contributed by atoms with Gasteiger partial charge < -0.3 is 4.74 Å². The molecule has 0 unspecified atom stereocenters. The van der Waals surface area contributed by atoms with Gasteiger partial charge in [-0.2, -0.15) is 0 Å². The van der Waals surface area contributed by atoms with E-state index in [9.17, 15) is 0 Å². The normalized spacial score (nSPS) is 11.9. The first-order valence-electron chi connectivity index (χ1n) is 5.93. The molecule has 0 radical (unpaired) electrons. The van der Waals surface area contributed by atoms with Crippen molar-refractivity contribution in [2.24, 2.45) is 11.3 Å². The summed E-state index contributed by atoms with van der Waals surface area (Å²) in [6.07, 6.45) is 1.05. The summed E-state index contributed by atoms with van der Waals surface area (Å²) in [6, 6.07) is 6.32. The molecule has 0 aliphatic carbocycles. The van der Waals surface area contributed by atoms with Crippen molar-refractivity contribution in [1.82, 2.24) is 0 Å². The summed E-state index contributed by atoms with van der Waals surface area (Å²) >= 11 is 10.9. The number of rotatable bonds is 6. The number of hydrogen-bond acceptors (Lipinski definition) is 1. The van der Waals surface area contributed by atoms with Crippen molar-refractivity contribution in [2.75, 3.05) is 17.8 Å². The molecule has 18 heavy (non-hydrogen) atoms. The molecule has 0 saturated carbocycles. The maximum Gasteiger partial charge on any atom is 0.133 e. The average Bonchev–Trinajstić information content (AvgIpc) is 2.36. The molecule has 1 aromatic rings. The molecular formula is C14H19Br3O. The highest BCUT2D eigenvalue weighted by molar-refractivity contribution is 9.10. The fraction of sp³-hybridized carbons (Fsp3) is 0.571. The van der Waals surface area contributed by atoms with E-state index in [0.29, 0.717) is 5.92 Å². The maximum atomic E-state index is 5.26. The minimum absolute atomic E-state index is 0.244. The van der Waals surface area contributed by atoms with Crippen LogP contribution in [0.2, 0.25) is 0 Å². The van der Waals surface area contributed by atoms with Crippen LogP contribution in [-0.2, 0) is 6.42 Å². The minimum atomic E-state index is 0.244. The maximum absolute atomic E-state index is 5.26. The quantitative estimate of drug-likeness (QED) is 0.533. The monoisotopic (exact) mass is 440 g/mol. The van der Waals surface area contributed by atoms with Gasteiger partial charge in [-0.05, 0) is 51.4 Å². The zero-order chi connectivity index (χ0) is 13.8. The third-order valence-electron chi connectivity index (χ3n) is 3.53. The second-order valence-electron chi connectivity index (χ2n) is 4.93. The molecular weight excluding hydrogens is 424 g/mol. The molecule has 0 aromatic heterocycles. The second-order valence-corrected chi connectivity index (χ2v) is 6.91. The van der Waals surface area contributed by atoms with Crippen molar-refractivity contribution in [3.05, 3.63) is 28.2 Å². The highest BCUT2D eigenvalue weighted by Gasteiger charge is 2.32. The molecule has 0 amide bonds. The molecule has 0 saturated heterocycles. The molecule has 1 nitrogen and oxygen atoms in total. The molecule has 0 aliphatic heterocycles. The Morgan fingerprint density at radius 3 is 2.22 bits per heavy atom. The van der Waals surface area contributed by atoms with Gasteiger partial charge in [0.1, 0.15) is 5.75 Å². The number of halogens is 3. The van der Waals surface area contributed by atoms with E-state index in [1.807, 2.05) is 6.07 Å². The lowest BCUT2D eigenvalue weighted by molar-refractivity contribution is 0.267. The van der Waals surface area contributed by atoms with Crippen molar-refractivity contribution >= 4 is 47.8 Å². The van der Waals surface area contributed by atoms with Crippen LogP contribution >= 0.6 is 47.8 Å². The van der Waals surface area contributed by atoms with E-state index in [2.05, 4.69) is 73.8 Å². The topological polar surface area (TPSA) is 9.23 Å². The van der Waals surface area contributed by atoms with Gasteiger partial charge in [0.15, 0.2) is 0 Å². The number of ether oxygens (including phenoxy) is 1. The summed E-state index contributed by atoms with van der Waals surface area (Å²) in [5.41, 5.74) is 1.57. The SMILES string of the molecule is COc1ccc(CC(CBr)(CBr)C(C)C)cc1Br. The molecule has 4 heteroatoms. The van der Waals surface area contributed by atoms with Crippen LogP contribution in [-0.4, -0.2) is 17.8 Å². The lowest BCUT2D eigenvalue weighted by Crippen LogP contribution is -2.33. The Morgan fingerprint density at radius 2 is 1.83 bits per heavy atom. The summed E-state index contributed by atoms with van der Waals surface area (Å²) in [6.45, 7) is 4.56. The van der Waals surface area contributed by atoms with Crippen molar-refractivity contribution < 1.29 is 4.74 Å². The lowest BCUT2D eigenvalue weighted by Gasteiger charge is -2.34. The van der Waals surface area contributed by atoms with Gasteiger partial charge in [-0.1, -0.05) is 51.8 Å².